The zero-order valence-electron chi connectivity index (χ0n) is 10.3. The fraction of sp³-hybridized carbons (Fsp3) is 0.286. The minimum atomic E-state index is -0.351. The predicted octanol–water partition coefficient (Wildman–Crippen LogP) is 1.72. The van der Waals surface area contributed by atoms with Crippen molar-refractivity contribution in [3.8, 4) is 6.07 Å². The molecule has 1 rings (SSSR count). The number of hydrogen-bond donors (Lipinski definition) is 1. The van der Waals surface area contributed by atoms with Gasteiger partial charge in [-0.1, -0.05) is 12.1 Å². The molecular formula is C14H16N2O2. The molecule has 18 heavy (non-hydrogen) atoms. The highest BCUT2D eigenvalue weighted by atomic mass is 16.5. The summed E-state index contributed by atoms with van der Waals surface area (Å²) < 4.78 is 4.99. The van der Waals surface area contributed by atoms with E-state index in [1.165, 1.54) is 6.08 Å². The van der Waals surface area contributed by atoms with Gasteiger partial charge in [-0.25, -0.2) is 4.79 Å². The number of esters is 1. The van der Waals surface area contributed by atoms with Crippen LogP contribution in [0.25, 0.3) is 6.08 Å². The lowest BCUT2D eigenvalue weighted by molar-refractivity contribution is -0.137. The van der Waals surface area contributed by atoms with Crippen molar-refractivity contribution in [2.45, 2.75) is 6.42 Å². The van der Waals surface area contributed by atoms with Gasteiger partial charge in [-0.3, -0.25) is 0 Å². The first kappa shape index (κ1) is 13.9. The van der Waals surface area contributed by atoms with E-state index in [9.17, 15) is 4.79 Å². The molecule has 1 aromatic rings. The number of carbonyl (C=O) groups excluding carboxylic acids is 1. The molecule has 4 nitrogen and oxygen atoms in total. The highest BCUT2D eigenvalue weighted by Crippen LogP contribution is 2.05. The molecule has 0 amide bonds. The van der Waals surface area contributed by atoms with Crippen molar-refractivity contribution in [3.63, 3.8) is 0 Å². The third kappa shape index (κ3) is 5.28. The van der Waals surface area contributed by atoms with Gasteiger partial charge >= 0.3 is 5.97 Å². The summed E-state index contributed by atoms with van der Waals surface area (Å²) in [6.45, 7) is 1.24. The summed E-state index contributed by atoms with van der Waals surface area (Å²) in [5.74, 6) is -0.351. The maximum Gasteiger partial charge on any atom is 0.330 e. The van der Waals surface area contributed by atoms with Crippen LogP contribution in [0.4, 0.5) is 0 Å². The normalized spacial score (nSPS) is 10.2. The number of ether oxygens (including phenoxy) is 1. The number of nitriles is 1. The first-order valence-electron chi connectivity index (χ1n) is 5.76. The van der Waals surface area contributed by atoms with E-state index in [0.29, 0.717) is 12.2 Å². The summed E-state index contributed by atoms with van der Waals surface area (Å²) in [5, 5.41) is 11.6. The predicted molar refractivity (Wildman–Crippen MR) is 69.7 cm³/mol. The lowest BCUT2D eigenvalue weighted by Gasteiger charge is -2.00. The second-order valence-corrected chi connectivity index (χ2v) is 3.69. The van der Waals surface area contributed by atoms with E-state index in [1.54, 1.807) is 30.3 Å². The standard InChI is InChI=1S/C14H16N2O2/c1-16-9-2-10-18-14(17)8-7-12-3-5-13(11-15)6-4-12/h3-8,16H,2,9-10H2,1H3/b8-7+. The first-order valence-corrected chi connectivity index (χ1v) is 5.76. The second kappa shape index (κ2) is 8.04. The van der Waals surface area contributed by atoms with Gasteiger partial charge in [0.1, 0.15) is 0 Å². The van der Waals surface area contributed by atoms with Crippen LogP contribution in [-0.4, -0.2) is 26.2 Å². The Balaban J connectivity index is 2.38. The van der Waals surface area contributed by atoms with E-state index in [2.05, 4.69) is 5.32 Å². The quantitative estimate of drug-likeness (QED) is 0.470. The van der Waals surface area contributed by atoms with Crippen molar-refractivity contribution in [2.75, 3.05) is 20.2 Å². The minimum Gasteiger partial charge on any atom is -0.462 e. The molecule has 0 aliphatic carbocycles. The van der Waals surface area contributed by atoms with E-state index >= 15 is 0 Å². The molecule has 0 saturated carbocycles. The lowest BCUT2D eigenvalue weighted by Crippen LogP contribution is -2.12. The molecule has 4 heteroatoms. The monoisotopic (exact) mass is 244 g/mol. The Morgan fingerprint density at radius 1 is 1.44 bits per heavy atom. The molecule has 0 bridgehead atoms. The summed E-state index contributed by atoms with van der Waals surface area (Å²) in [6.07, 6.45) is 3.86. The van der Waals surface area contributed by atoms with Gasteiger partial charge in [0.05, 0.1) is 18.2 Å². The number of carbonyl (C=O) groups is 1. The van der Waals surface area contributed by atoms with Gasteiger partial charge in [0.15, 0.2) is 0 Å². The van der Waals surface area contributed by atoms with E-state index in [-0.39, 0.29) is 5.97 Å². The van der Waals surface area contributed by atoms with Crippen LogP contribution in [0.5, 0.6) is 0 Å². The smallest absolute Gasteiger partial charge is 0.330 e. The molecule has 0 heterocycles. The Kier molecular flexibility index (Phi) is 6.23. The maximum atomic E-state index is 11.3. The van der Waals surface area contributed by atoms with Gasteiger partial charge in [0.2, 0.25) is 0 Å². The zero-order valence-corrected chi connectivity index (χ0v) is 10.3. The maximum absolute atomic E-state index is 11.3. The Bertz CT molecular complexity index is 444. The summed E-state index contributed by atoms with van der Waals surface area (Å²) in [4.78, 5) is 11.3. The Morgan fingerprint density at radius 3 is 2.78 bits per heavy atom. The SMILES string of the molecule is CNCCCOC(=O)/C=C/c1ccc(C#N)cc1. The molecule has 0 radical (unpaired) electrons. The van der Waals surface area contributed by atoms with Crippen LogP contribution in [0, 0.1) is 11.3 Å². The molecule has 0 aliphatic heterocycles. The number of nitrogens with one attached hydrogen (secondary N) is 1. The van der Waals surface area contributed by atoms with Gasteiger partial charge < -0.3 is 10.1 Å². The molecule has 0 unspecified atom stereocenters. The fourth-order valence-corrected chi connectivity index (χ4v) is 1.30. The van der Waals surface area contributed by atoms with Crippen LogP contribution in [-0.2, 0) is 9.53 Å². The number of nitrogens with zero attached hydrogens (tertiary/aromatic N) is 1. The minimum absolute atomic E-state index is 0.351. The van der Waals surface area contributed by atoms with Gasteiger partial charge in [-0.2, -0.15) is 5.26 Å². The highest BCUT2D eigenvalue weighted by Gasteiger charge is 1.96. The Hall–Kier alpha value is -2.12. The topological polar surface area (TPSA) is 62.1 Å². The highest BCUT2D eigenvalue weighted by molar-refractivity contribution is 5.87. The zero-order chi connectivity index (χ0) is 13.2. The lowest BCUT2D eigenvalue weighted by atomic mass is 10.1. The van der Waals surface area contributed by atoms with E-state index < -0.39 is 0 Å². The third-order valence-electron chi connectivity index (χ3n) is 2.27. The van der Waals surface area contributed by atoms with Gasteiger partial charge in [0, 0.05) is 6.08 Å². The van der Waals surface area contributed by atoms with Gasteiger partial charge in [-0.05, 0) is 43.8 Å². The summed E-state index contributed by atoms with van der Waals surface area (Å²) in [6, 6.07) is 9.01. The van der Waals surface area contributed by atoms with Gasteiger partial charge in [-0.15, -0.1) is 0 Å². The summed E-state index contributed by atoms with van der Waals surface area (Å²) >= 11 is 0. The fourth-order valence-electron chi connectivity index (χ4n) is 1.30. The second-order valence-electron chi connectivity index (χ2n) is 3.69. The molecular weight excluding hydrogens is 228 g/mol. The van der Waals surface area contributed by atoms with E-state index in [0.717, 1.165) is 18.5 Å². The van der Waals surface area contributed by atoms with Crippen molar-refractivity contribution in [3.05, 3.63) is 41.5 Å². The van der Waals surface area contributed by atoms with E-state index in [4.69, 9.17) is 10.00 Å². The summed E-state index contributed by atoms with van der Waals surface area (Å²) in [7, 11) is 1.85. The number of hydrogen-bond acceptors (Lipinski definition) is 4. The van der Waals surface area contributed by atoms with Crippen LogP contribution in [0.2, 0.25) is 0 Å². The van der Waals surface area contributed by atoms with E-state index in [1.807, 2.05) is 13.1 Å². The van der Waals surface area contributed by atoms with Crippen molar-refractivity contribution in [1.82, 2.24) is 5.32 Å². The molecule has 0 aliphatic rings. The van der Waals surface area contributed by atoms with Crippen molar-refractivity contribution < 1.29 is 9.53 Å². The van der Waals surface area contributed by atoms with Crippen molar-refractivity contribution in [2.24, 2.45) is 0 Å². The Labute approximate surface area is 107 Å². The third-order valence-corrected chi connectivity index (χ3v) is 2.27. The van der Waals surface area contributed by atoms with Crippen LogP contribution in [0.1, 0.15) is 17.5 Å². The largest absolute Gasteiger partial charge is 0.462 e. The van der Waals surface area contributed by atoms with Crippen molar-refractivity contribution in [1.29, 1.82) is 5.26 Å². The van der Waals surface area contributed by atoms with Gasteiger partial charge in [0.25, 0.3) is 0 Å². The summed E-state index contributed by atoms with van der Waals surface area (Å²) in [5.41, 5.74) is 1.46. The van der Waals surface area contributed by atoms with Crippen LogP contribution < -0.4 is 5.32 Å². The van der Waals surface area contributed by atoms with Crippen LogP contribution >= 0.6 is 0 Å². The molecule has 0 aromatic heterocycles. The average Bonchev–Trinajstić information content (AvgIpc) is 2.42. The molecule has 94 valence electrons. The molecule has 0 spiro atoms. The molecule has 0 saturated heterocycles. The molecule has 1 N–H and O–H groups in total. The molecule has 1 aromatic carbocycles. The molecule has 0 atom stereocenters. The van der Waals surface area contributed by atoms with Crippen LogP contribution in [0.15, 0.2) is 30.3 Å². The van der Waals surface area contributed by atoms with Crippen molar-refractivity contribution >= 4 is 12.0 Å². The number of rotatable bonds is 6. The average molecular weight is 244 g/mol. The molecule has 0 fully saturated rings. The first-order chi connectivity index (χ1) is 8.76. The Morgan fingerprint density at radius 2 is 2.17 bits per heavy atom. The number of benzene rings is 1. The van der Waals surface area contributed by atoms with Crippen LogP contribution in [0.3, 0.4) is 0 Å².